The number of benzene rings is 1. The molecule has 0 unspecified atom stereocenters. The fourth-order valence-electron chi connectivity index (χ4n) is 1.67. The highest BCUT2D eigenvalue weighted by molar-refractivity contribution is 9.10. The number of carbonyl (C=O) groups excluding carboxylic acids is 1. The van der Waals surface area contributed by atoms with Crippen molar-refractivity contribution < 1.29 is 13.2 Å². The molecule has 0 radical (unpaired) electrons. The number of nitrogens with zero attached hydrogens (tertiary/aromatic N) is 1. The highest BCUT2D eigenvalue weighted by atomic mass is 79.9. The van der Waals surface area contributed by atoms with Crippen molar-refractivity contribution >= 4 is 43.2 Å². The number of carbonyl (C=O) groups is 1. The molecule has 0 aliphatic carbocycles. The van der Waals surface area contributed by atoms with Gasteiger partial charge in [-0.2, -0.15) is 0 Å². The summed E-state index contributed by atoms with van der Waals surface area (Å²) >= 11 is 4.74. The number of hydrogen-bond acceptors (Lipinski definition) is 5. The lowest BCUT2D eigenvalue weighted by Gasteiger charge is -2.09. The number of rotatable bonds is 5. The van der Waals surface area contributed by atoms with E-state index in [2.05, 4.69) is 31.2 Å². The zero-order chi connectivity index (χ0) is 16.3. The van der Waals surface area contributed by atoms with Gasteiger partial charge in [-0.15, -0.1) is 16.2 Å². The van der Waals surface area contributed by atoms with Crippen molar-refractivity contribution in [2.45, 2.75) is 25.2 Å². The van der Waals surface area contributed by atoms with E-state index in [1.807, 2.05) is 6.92 Å². The van der Waals surface area contributed by atoms with Crippen molar-refractivity contribution in [2.24, 2.45) is 0 Å². The van der Waals surface area contributed by atoms with E-state index in [1.54, 1.807) is 18.4 Å². The Labute approximate surface area is 141 Å². The number of sulfonamides is 1. The van der Waals surface area contributed by atoms with Crippen LogP contribution in [0.5, 0.6) is 0 Å². The quantitative estimate of drug-likeness (QED) is 0.747. The van der Waals surface area contributed by atoms with Crippen LogP contribution in [0.1, 0.15) is 16.3 Å². The zero-order valence-electron chi connectivity index (χ0n) is 11.9. The molecule has 0 bridgehead atoms. The van der Waals surface area contributed by atoms with Gasteiger partial charge in [0.25, 0.3) is 10.0 Å². The topological polar surface area (TPSA) is 88.2 Å². The average Bonchev–Trinajstić information content (AvgIpc) is 2.85. The van der Waals surface area contributed by atoms with E-state index >= 15 is 0 Å². The molecule has 0 saturated carbocycles. The lowest BCUT2D eigenvalue weighted by Crippen LogP contribution is -2.42. The lowest BCUT2D eigenvalue weighted by molar-refractivity contribution is -0.120. The molecule has 9 heteroatoms. The van der Waals surface area contributed by atoms with Gasteiger partial charge in [-0.25, -0.2) is 13.4 Å². The fraction of sp³-hybridized carbons (Fsp3) is 0.231. The minimum absolute atomic E-state index is 0.0201. The van der Waals surface area contributed by atoms with E-state index < -0.39 is 15.9 Å². The Morgan fingerprint density at radius 1 is 1.36 bits per heavy atom. The second-order valence-corrected chi connectivity index (χ2v) is 8.20. The Morgan fingerprint density at radius 3 is 2.68 bits per heavy atom. The van der Waals surface area contributed by atoms with Crippen molar-refractivity contribution in [1.82, 2.24) is 15.2 Å². The molecule has 0 fully saturated rings. The number of halogens is 1. The second-order valence-electron chi connectivity index (χ2n) is 4.60. The van der Waals surface area contributed by atoms with Gasteiger partial charge < -0.3 is 0 Å². The van der Waals surface area contributed by atoms with Gasteiger partial charge in [0.15, 0.2) is 0 Å². The molecule has 0 saturated heterocycles. The minimum Gasteiger partial charge on any atom is -0.277 e. The first kappa shape index (κ1) is 17.1. The number of amides is 1. The smallest absolute Gasteiger partial charge is 0.257 e. The molecule has 0 aliphatic rings. The van der Waals surface area contributed by atoms with Crippen molar-refractivity contribution in [2.75, 3.05) is 0 Å². The Bertz CT molecular complexity index is 803. The first-order valence-corrected chi connectivity index (χ1v) is 9.41. The maximum atomic E-state index is 12.1. The zero-order valence-corrected chi connectivity index (χ0v) is 15.1. The number of thiazole rings is 1. The molecule has 1 aromatic carbocycles. The number of hydrogen-bond donors (Lipinski definition) is 2. The van der Waals surface area contributed by atoms with Crippen LogP contribution >= 0.6 is 27.3 Å². The van der Waals surface area contributed by atoms with Crippen molar-refractivity contribution in [3.05, 3.63) is 44.3 Å². The minimum atomic E-state index is -3.80. The standard InChI is InChI=1S/C13H14BrN3O3S2/c1-8-5-11(3-4-12(8)14)22(19,20)17-16-13(18)6-10-7-21-9(2)15-10/h3-5,7,17H,6H2,1-2H3,(H,16,18). The molecule has 2 rings (SSSR count). The van der Waals surface area contributed by atoms with Crippen LogP contribution in [0, 0.1) is 13.8 Å². The van der Waals surface area contributed by atoms with Crippen molar-refractivity contribution in [3.8, 4) is 0 Å². The van der Waals surface area contributed by atoms with E-state index in [0.717, 1.165) is 15.0 Å². The largest absolute Gasteiger partial charge is 0.277 e. The second kappa shape index (κ2) is 6.86. The Hall–Kier alpha value is -1.29. The molecule has 2 N–H and O–H groups in total. The van der Waals surface area contributed by atoms with E-state index in [1.165, 1.54) is 23.5 Å². The Morgan fingerprint density at radius 2 is 2.09 bits per heavy atom. The molecule has 118 valence electrons. The van der Waals surface area contributed by atoms with Crippen LogP contribution in [0.3, 0.4) is 0 Å². The van der Waals surface area contributed by atoms with Crippen LogP contribution in [-0.4, -0.2) is 19.3 Å². The molecule has 1 aromatic heterocycles. The van der Waals surface area contributed by atoms with Gasteiger partial charge in [0.05, 0.1) is 22.0 Å². The number of aromatic nitrogens is 1. The SMILES string of the molecule is Cc1nc(CC(=O)NNS(=O)(=O)c2ccc(Br)c(C)c2)cs1. The molecule has 0 spiro atoms. The maximum absolute atomic E-state index is 12.1. The summed E-state index contributed by atoms with van der Waals surface area (Å²) in [5.74, 6) is -0.470. The van der Waals surface area contributed by atoms with E-state index in [4.69, 9.17) is 0 Å². The summed E-state index contributed by atoms with van der Waals surface area (Å²) in [4.78, 5) is 18.1. The molecular weight excluding hydrogens is 390 g/mol. The third-order valence-corrected chi connectivity index (χ3v) is 5.73. The van der Waals surface area contributed by atoms with Crippen LogP contribution in [-0.2, 0) is 21.2 Å². The van der Waals surface area contributed by atoms with Gasteiger partial charge in [-0.1, -0.05) is 15.9 Å². The van der Waals surface area contributed by atoms with Crippen LogP contribution in [0.15, 0.2) is 32.9 Å². The summed E-state index contributed by atoms with van der Waals surface area (Å²) < 4.78 is 25.0. The summed E-state index contributed by atoms with van der Waals surface area (Å²) in [5.41, 5.74) is 3.58. The summed E-state index contributed by atoms with van der Waals surface area (Å²) in [7, 11) is -3.80. The molecule has 1 amide bonds. The molecule has 6 nitrogen and oxygen atoms in total. The van der Waals surface area contributed by atoms with Crippen molar-refractivity contribution in [1.29, 1.82) is 0 Å². The van der Waals surface area contributed by atoms with Gasteiger partial charge in [0.1, 0.15) is 0 Å². The fourth-order valence-corrected chi connectivity index (χ4v) is 3.47. The molecule has 0 atom stereocenters. The Balaban J connectivity index is 2.00. The van der Waals surface area contributed by atoms with Gasteiger partial charge in [-0.3, -0.25) is 10.2 Å². The van der Waals surface area contributed by atoms with Gasteiger partial charge >= 0.3 is 0 Å². The predicted molar refractivity (Wildman–Crippen MR) is 87.9 cm³/mol. The summed E-state index contributed by atoms with van der Waals surface area (Å²) in [5, 5.41) is 2.62. The number of nitrogens with one attached hydrogen (secondary N) is 2. The third-order valence-electron chi connectivity index (χ3n) is 2.77. The predicted octanol–water partition coefficient (Wildman–Crippen LogP) is 2.07. The van der Waals surface area contributed by atoms with Crippen LogP contribution in [0.2, 0.25) is 0 Å². The highest BCUT2D eigenvalue weighted by Gasteiger charge is 2.16. The van der Waals surface area contributed by atoms with E-state index in [9.17, 15) is 13.2 Å². The first-order chi connectivity index (χ1) is 10.3. The molecule has 2 aromatic rings. The third kappa shape index (κ3) is 4.35. The molecule has 0 aliphatic heterocycles. The van der Waals surface area contributed by atoms with Gasteiger partial charge in [0.2, 0.25) is 5.91 Å². The number of hydrazine groups is 1. The number of aryl methyl sites for hydroxylation is 2. The molecular formula is C13H14BrN3O3S2. The normalized spacial score (nSPS) is 11.4. The van der Waals surface area contributed by atoms with E-state index in [-0.39, 0.29) is 11.3 Å². The van der Waals surface area contributed by atoms with Crippen molar-refractivity contribution in [3.63, 3.8) is 0 Å². The van der Waals surface area contributed by atoms with Crippen LogP contribution in [0.4, 0.5) is 0 Å². The molecule has 1 heterocycles. The molecule has 22 heavy (non-hydrogen) atoms. The van der Waals surface area contributed by atoms with Gasteiger partial charge in [0, 0.05) is 9.85 Å². The van der Waals surface area contributed by atoms with Crippen LogP contribution in [0.25, 0.3) is 0 Å². The van der Waals surface area contributed by atoms with Crippen LogP contribution < -0.4 is 10.3 Å². The lowest BCUT2D eigenvalue weighted by atomic mass is 10.2. The van der Waals surface area contributed by atoms with E-state index in [0.29, 0.717) is 5.69 Å². The summed E-state index contributed by atoms with van der Waals surface area (Å²) in [6.45, 7) is 3.62. The van der Waals surface area contributed by atoms with Gasteiger partial charge in [-0.05, 0) is 37.6 Å². The average molecular weight is 404 g/mol. The Kier molecular flexibility index (Phi) is 5.32. The maximum Gasteiger partial charge on any atom is 0.257 e. The summed E-state index contributed by atoms with van der Waals surface area (Å²) in [6, 6.07) is 4.61. The monoisotopic (exact) mass is 403 g/mol. The highest BCUT2D eigenvalue weighted by Crippen LogP contribution is 2.19. The first-order valence-electron chi connectivity index (χ1n) is 6.26. The summed E-state index contributed by atoms with van der Waals surface area (Å²) in [6.07, 6.45) is 0.0201.